The second-order valence-electron chi connectivity index (χ2n) is 8.18. The third kappa shape index (κ3) is 3.13. The van der Waals surface area contributed by atoms with E-state index in [9.17, 15) is 4.79 Å². The zero-order valence-corrected chi connectivity index (χ0v) is 15.5. The molecule has 0 aromatic heterocycles. The average molecular weight is 367 g/mol. The van der Waals surface area contributed by atoms with Crippen LogP contribution < -0.4 is 10.6 Å². The second-order valence-corrected chi connectivity index (χ2v) is 9.03. The highest BCUT2D eigenvalue weighted by Crippen LogP contribution is 2.55. The molecule has 4 fully saturated rings. The van der Waals surface area contributed by atoms with Crippen molar-refractivity contribution in [1.29, 1.82) is 0 Å². The van der Waals surface area contributed by atoms with Gasteiger partial charge < -0.3 is 10.6 Å². The smallest absolute Gasteiger partial charge is 0.315 e. The van der Waals surface area contributed by atoms with Crippen LogP contribution in [0.3, 0.4) is 0 Å². The van der Waals surface area contributed by atoms with E-state index in [1.165, 1.54) is 19.3 Å². The van der Waals surface area contributed by atoms with Gasteiger partial charge in [0.2, 0.25) is 0 Å². The van der Waals surface area contributed by atoms with Gasteiger partial charge in [-0.3, -0.25) is 0 Å². The minimum absolute atomic E-state index is 0.0301. The quantitative estimate of drug-likeness (QED) is 0.746. The number of benzene rings is 1. The summed E-state index contributed by atoms with van der Waals surface area (Å²) in [6.45, 7) is 1.95. The standard InChI is InChI=1S/C19H24Cl2N2O/c1-11(16-3-2-15(20)7-17(16)21)22-18(24)23-19-8-12-4-13(9-19)6-14(5-12)10-19/h2-3,7,11-14H,4-6,8-10H2,1H3,(H2,22,23,24). The Morgan fingerprint density at radius 1 is 1.12 bits per heavy atom. The van der Waals surface area contributed by atoms with Crippen LogP contribution in [0, 0.1) is 17.8 Å². The number of amides is 2. The molecule has 130 valence electrons. The van der Waals surface area contributed by atoms with Crippen LogP contribution in [0.2, 0.25) is 10.0 Å². The van der Waals surface area contributed by atoms with Crippen LogP contribution in [-0.4, -0.2) is 11.6 Å². The molecule has 5 rings (SSSR count). The zero-order valence-electron chi connectivity index (χ0n) is 13.9. The number of nitrogens with one attached hydrogen (secondary N) is 2. The van der Waals surface area contributed by atoms with Crippen molar-refractivity contribution in [2.75, 3.05) is 0 Å². The molecule has 5 heteroatoms. The van der Waals surface area contributed by atoms with E-state index in [0.717, 1.165) is 42.6 Å². The summed E-state index contributed by atoms with van der Waals surface area (Å²) in [5.41, 5.74) is 0.921. The summed E-state index contributed by atoms with van der Waals surface area (Å²) in [5, 5.41) is 7.58. The first-order valence-corrected chi connectivity index (χ1v) is 9.72. The van der Waals surface area contributed by atoms with Crippen molar-refractivity contribution in [3.05, 3.63) is 33.8 Å². The van der Waals surface area contributed by atoms with Gasteiger partial charge in [0, 0.05) is 15.6 Å². The Morgan fingerprint density at radius 3 is 2.25 bits per heavy atom. The van der Waals surface area contributed by atoms with Crippen LogP contribution in [0.15, 0.2) is 18.2 Å². The van der Waals surface area contributed by atoms with Gasteiger partial charge in [-0.15, -0.1) is 0 Å². The first kappa shape index (κ1) is 16.5. The van der Waals surface area contributed by atoms with Gasteiger partial charge in [-0.25, -0.2) is 4.79 Å². The number of carbonyl (C=O) groups excluding carboxylic acids is 1. The van der Waals surface area contributed by atoms with Crippen molar-refractivity contribution in [2.24, 2.45) is 17.8 Å². The number of halogens is 2. The van der Waals surface area contributed by atoms with E-state index in [4.69, 9.17) is 23.2 Å². The molecule has 3 nitrogen and oxygen atoms in total. The Bertz CT molecular complexity index is 625. The largest absolute Gasteiger partial charge is 0.333 e. The monoisotopic (exact) mass is 366 g/mol. The van der Waals surface area contributed by atoms with Crippen molar-refractivity contribution in [3.8, 4) is 0 Å². The first-order valence-electron chi connectivity index (χ1n) is 8.96. The Hall–Kier alpha value is -0.930. The Morgan fingerprint density at radius 2 is 1.71 bits per heavy atom. The van der Waals surface area contributed by atoms with E-state index in [2.05, 4.69) is 10.6 Å². The van der Waals surface area contributed by atoms with E-state index < -0.39 is 0 Å². The average Bonchev–Trinajstić information content (AvgIpc) is 2.44. The molecule has 0 spiro atoms. The third-order valence-corrected chi connectivity index (χ3v) is 6.76. The highest BCUT2D eigenvalue weighted by molar-refractivity contribution is 6.35. The molecule has 4 bridgehead atoms. The van der Waals surface area contributed by atoms with Gasteiger partial charge in [-0.05, 0) is 80.9 Å². The molecule has 0 radical (unpaired) electrons. The van der Waals surface area contributed by atoms with E-state index in [1.54, 1.807) is 12.1 Å². The molecule has 24 heavy (non-hydrogen) atoms. The lowest BCUT2D eigenvalue weighted by Crippen LogP contribution is -2.61. The fourth-order valence-electron chi connectivity index (χ4n) is 5.67. The van der Waals surface area contributed by atoms with Crippen molar-refractivity contribution < 1.29 is 4.79 Å². The maximum atomic E-state index is 12.6. The third-order valence-electron chi connectivity index (χ3n) is 6.19. The molecule has 2 N–H and O–H groups in total. The molecule has 0 aliphatic heterocycles. The van der Waals surface area contributed by atoms with Gasteiger partial charge in [-0.1, -0.05) is 29.3 Å². The lowest BCUT2D eigenvalue weighted by molar-refractivity contribution is -0.0136. The van der Waals surface area contributed by atoms with E-state index >= 15 is 0 Å². The highest BCUT2D eigenvalue weighted by atomic mass is 35.5. The molecule has 1 aromatic rings. The SMILES string of the molecule is CC(NC(=O)NC12CC3CC(CC(C3)C1)C2)c1ccc(Cl)cc1Cl. The molecule has 0 saturated heterocycles. The van der Waals surface area contributed by atoms with Gasteiger partial charge in [0.15, 0.2) is 0 Å². The Balaban J connectivity index is 1.41. The second kappa shape index (κ2) is 6.10. The Kier molecular flexibility index (Phi) is 4.20. The maximum Gasteiger partial charge on any atom is 0.315 e. The van der Waals surface area contributed by atoms with Gasteiger partial charge in [0.25, 0.3) is 0 Å². The fraction of sp³-hybridized carbons (Fsp3) is 0.632. The summed E-state index contributed by atoms with van der Waals surface area (Å²) in [6, 6.07) is 5.17. The highest BCUT2D eigenvalue weighted by Gasteiger charge is 2.51. The van der Waals surface area contributed by atoms with Crippen LogP contribution in [0.5, 0.6) is 0 Å². The summed E-state index contributed by atoms with van der Waals surface area (Å²) in [7, 11) is 0. The minimum Gasteiger partial charge on any atom is -0.333 e. The summed E-state index contributed by atoms with van der Waals surface area (Å²) in [4.78, 5) is 12.6. The minimum atomic E-state index is -0.149. The van der Waals surface area contributed by atoms with Crippen molar-refractivity contribution >= 4 is 29.2 Å². The molecule has 4 saturated carbocycles. The number of carbonyl (C=O) groups is 1. The summed E-state index contributed by atoms with van der Waals surface area (Å²) < 4.78 is 0. The molecule has 4 aliphatic carbocycles. The zero-order chi connectivity index (χ0) is 16.9. The molecular weight excluding hydrogens is 343 g/mol. The van der Waals surface area contributed by atoms with Gasteiger partial charge >= 0.3 is 6.03 Å². The number of urea groups is 1. The van der Waals surface area contributed by atoms with Gasteiger partial charge in [0.05, 0.1) is 6.04 Å². The number of hydrogen-bond donors (Lipinski definition) is 2. The fourth-order valence-corrected chi connectivity index (χ4v) is 6.24. The maximum absolute atomic E-state index is 12.6. The normalized spacial score (nSPS) is 34.9. The van der Waals surface area contributed by atoms with E-state index in [1.807, 2.05) is 13.0 Å². The van der Waals surface area contributed by atoms with Crippen LogP contribution >= 0.6 is 23.2 Å². The van der Waals surface area contributed by atoms with Gasteiger partial charge in [-0.2, -0.15) is 0 Å². The summed E-state index contributed by atoms with van der Waals surface area (Å²) in [6.07, 6.45) is 7.59. The lowest BCUT2D eigenvalue weighted by Gasteiger charge is -2.56. The van der Waals surface area contributed by atoms with Crippen molar-refractivity contribution in [2.45, 2.75) is 57.0 Å². The molecule has 4 aliphatic rings. The number of hydrogen-bond acceptors (Lipinski definition) is 1. The predicted molar refractivity (Wildman–Crippen MR) is 97.4 cm³/mol. The van der Waals surface area contributed by atoms with E-state index in [-0.39, 0.29) is 17.6 Å². The summed E-state index contributed by atoms with van der Waals surface area (Å²) in [5.74, 6) is 2.46. The topological polar surface area (TPSA) is 41.1 Å². The van der Waals surface area contributed by atoms with Crippen LogP contribution in [0.4, 0.5) is 4.79 Å². The van der Waals surface area contributed by atoms with Gasteiger partial charge in [0.1, 0.15) is 0 Å². The molecule has 2 amide bonds. The number of rotatable bonds is 3. The molecule has 1 atom stereocenters. The molecule has 1 unspecified atom stereocenters. The summed E-state index contributed by atoms with van der Waals surface area (Å²) >= 11 is 12.2. The Labute approximate surface area is 153 Å². The predicted octanol–water partition coefficient (Wildman–Crippen LogP) is 5.32. The lowest BCUT2D eigenvalue weighted by atomic mass is 9.53. The molecular formula is C19H24Cl2N2O. The molecule has 0 heterocycles. The van der Waals surface area contributed by atoms with Crippen molar-refractivity contribution in [1.82, 2.24) is 10.6 Å². The van der Waals surface area contributed by atoms with E-state index in [0.29, 0.717) is 10.0 Å². The first-order chi connectivity index (χ1) is 11.4. The van der Waals surface area contributed by atoms with Crippen molar-refractivity contribution in [3.63, 3.8) is 0 Å². The van der Waals surface area contributed by atoms with Crippen LogP contribution in [0.25, 0.3) is 0 Å². The van der Waals surface area contributed by atoms with Crippen LogP contribution in [0.1, 0.15) is 57.1 Å². The molecule has 1 aromatic carbocycles. The van der Waals surface area contributed by atoms with Crippen LogP contribution in [-0.2, 0) is 0 Å².